The molecule has 1 amide bonds. The molecule has 3 fully saturated rings. The number of nitrogens with one attached hydrogen (secondary N) is 1. The first kappa shape index (κ1) is 36.9. The third-order valence-electron chi connectivity index (χ3n) is 14.4. The fourth-order valence-corrected chi connectivity index (χ4v) is 12.3. The van der Waals surface area contributed by atoms with E-state index in [-0.39, 0.29) is 40.1 Å². The van der Waals surface area contributed by atoms with Gasteiger partial charge in [-0.1, -0.05) is 30.7 Å². The molecule has 8 atom stereocenters. The zero-order valence-electron chi connectivity index (χ0n) is 31.2. The third-order valence-corrected chi connectivity index (χ3v) is 16.6. The predicted molar refractivity (Wildman–Crippen MR) is 205 cm³/mol. The molecule has 10 rings (SSSR count). The zero-order valence-corrected chi connectivity index (χ0v) is 32.8. The lowest BCUT2D eigenvalue weighted by molar-refractivity contribution is -0.0998. The molecular weight excluding hydrogens is 731 g/mol. The Labute approximate surface area is 323 Å². The summed E-state index contributed by atoms with van der Waals surface area (Å²) in [4.78, 5) is 20.9. The first-order valence-corrected chi connectivity index (χ1v) is 21.8. The van der Waals surface area contributed by atoms with Gasteiger partial charge in [-0.25, -0.2) is 17.5 Å². The number of rotatable bonds is 2. The Morgan fingerprint density at radius 2 is 1.94 bits per heavy atom. The smallest absolute Gasteiger partial charge is 0.264 e. The van der Waals surface area contributed by atoms with Crippen LogP contribution in [0.3, 0.4) is 0 Å². The van der Waals surface area contributed by atoms with Crippen molar-refractivity contribution in [3.8, 4) is 5.75 Å². The van der Waals surface area contributed by atoms with Crippen LogP contribution in [-0.4, -0.2) is 112 Å². The maximum absolute atomic E-state index is 15.6. The van der Waals surface area contributed by atoms with E-state index in [1.807, 2.05) is 13.0 Å². The van der Waals surface area contributed by atoms with Gasteiger partial charge < -0.3 is 19.5 Å². The van der Waals surface area contributed by atoms with Gasteiger partial charge in [0, 0.05) is 62.8 Å². The van der Waals surface area contributed by atoms with Crippen LogP contribution in [0.4, 0.5) is 10.1 Å². The number of halogens is 2. The molecule has 8 aliphatic rings. The molecule has 13 heteroatoms. The Bertz CT molecular complexity index is 1980. The molecule has 1 spiro atoms. The van der Waals surface area contributed by atoms with Crippen LogP contribution in [0, 0.1) is 29.5 Å². The molecule has 54 heavy (non-hydrogen) atoms. The van der Waals surface area contributed by atoms with Crippen molar-refractivity contribution in [1.29, 1.82) is 0 Å². The molecule has 3 aliphatic carbocycles. The highest BCUT2D eigenvalue weighted by molar-refractivity contribution is 7.90. The van der Waals surface area contributed by atoms with Gasteiger partial charge in [0.1, 0.15) is 17.2 Å². The van der Waals surface area contributed by atoms with Gasteiger partial charge in [-0.3, -0.25) is 14.6 Å². The number of β-amino-alcohol motifs (C(OH)–C–C–N with tert-alkyl or cyclic N) is 1. The van der Waals surface area contributed by atoms with Crippen molar-refractivity contribution in [2.75, 3.05) is 70.5 Å². The summed E-state index contributed by atoms with van der Waals surface area (Å²) in [7, 11) is -4.03. The van der Waals surface area contributed by atoms with Gasteiger partial charge in [0.2, 0.25) is 10.0 Å². The lowest BCUT2D eigenvalue weighted by Crippen LogP contribution is -2.63. The van der Waals surface area contributed by atoms with E-state index in [9.17, 15) is 18.3 Å². The normalized spacial score (nSPS) is 36.6. The summed E-state index contributed by atoms with van der Waals surface area (Å²) in [5.41, 5.74) is 1.86. The zero-order chi connectivity index (χ0) is 37.6. The van der Waals surface area contributed by atoms with E-state index >= 15 is 4.39 Å². The standard InChI is InChI=1S/C41H52ClFN4O6S/c1-25-26(2)54(50,51)44-39(48)27-6-10-37-36(18-27)47(22-40(24-53-37)11-3-4-32-34(40)8-9-35(42)38(32)43)19-28-5-7-33(28)41(49,30-16-29(25)17-30)23-45-12-13-46-14-15-52-21-31(46)20-45/h6,8-10,16,18,25-26,28-29,31,33,49H,3-5,7,11-15,17,19-24H2,1-2H3,(H,44,48)/t25-,26+,28+,29+,31-,33-,40+,41+/m1/s1. The van der Waals surface area contributed by atoms with Crippen LogP contribution < -0.4 is 14.4 Å². The van der Waals surface area contributed by atoms with Crippen molar-refractivity contribution < 1.29 is 32.2 Å². The van der Waals surface area contributed by atoms with Crippen molar-refractivity contribution in [2.24, 2.45) is 23.7 Å². The lowest BCUT2D eigenvalue weighted by atomic mass is 9.58. The largest absolute Gasteiger partial charge is 0.490 e. The molecule has 292 valence electrons. The van der Waals surface area contributed by atoms with Gasteiger partial charge in [0.25, 0.3) is 5.91 Å². The molecule has 2 saturated heterocycles. The van der Waals surface area contributed by atoms with E-state index in [0.717, 1.165) is 69.6 Å². The van der Waals surface area contributed by atoms with Gasteiger partial charge in [-0.2, -0.15) is 0 Å². The minimum atomic E-state index is -4.03. The Balaban J connectivity index is 1.11. The summed E-state index contributed by atoms with van der Waals surface area (Å²) in [5, 5.41) is 12.4. The van der Waals surface area contributed by atoms with E-state index in [0.29, 0.717) is 68.7 Å². The lowest BCUT2D eigenvalue weighted by Gasteiger charge is -2.55. The SMILES string of the molecule is C[C@H]1[C@H]2C=C(C2)[C@@](O)(CN2CCN3CCOC[C@H]3C2)[C@@H]2CC[C@H]2CN2C[C@@]3(CCCc4c3ccc(Cl)c4F)COc3ccc(cc32)C(=O)NS(=O)(=O)[C@H]1C. The number of ether oxygens (including phenoxy) is 2. The summed E-state index contributed by atoms with van der Waals surface area (Å²) in [6.45, 7) is 10.6. The van der Waals surface area contributed by atoms with Crippen molar-refractivity contribution in [3.05, 3.63) is 69.5 Å². The summed E-state index contributed by atoms with van der Waals surface area (Å²) in [6.07, 6.45) is 6.75. The Morgan fingerprint density at radius 3 is 2.74 bits per heavy atom. The fourth-order valence-electron chi connectivity index (χ4n) is 10.8. The summed E-state index contributed by atoms with van der Waals surface area (Å²) >= 11 is 6.29. The van der Waals surface area contributed by atoms with Crippen molar-refractivity contribution in [3.63, 3.8) is 0 Å². The fraction of sp³-hybridized carbons (Fsp3) is 0.634. The van der Waals surface area contributed by atoms with E-state index in [1.54, 1.807) is 31.2 Å². The van der Waals surface area contributed by atoms with Crippen LogP contribution in [-0.2, 0) is 26.6 Å². The highest BCUT2D eigenvalue weighted by Gasteiger charge is 2.54. The minimum Gasteiger partial charge on any atom is -0.490 e. The highest BCUT2D eigenvalue weighted by atomic mass is 35.5. The number of anilines is 1. The van der Waals surface area contributed by atoms with Crippen LogP contribution in [0.1, 0.15) is 67.4 Å². The second-order valence-electron chi connectivity index (χ2n) is 17.3. The monoisotopic (exact) mass is 782 g/mol. The van der Waals surface area contributed by atoms with Crippen molar-refractivity contribution in [2.45, 2.75) is 74.7 Å². The number of benzene rings is 2. The number of amides is 1. The van der Waals surface area contributed by atoms with Crippen LogP contribution in [0.2, 0.25) is 5.02 Å². The van der Waals surface area contributed by atoms with Crippen LogP contribution >= 0.6 is 11.6 Å². The Hall–Kier alpha value is -2.74. The van der Waals surface area contributed by atoms with Gasteiger partial charge >= 0.3 is 0 Å². The average Bonchev–Trinajstić information content (AvgIpc) is 3.26. The van der Waals surface area contributed by atoms with E-state index in [4.69, 9.17) is 21.1 Å². The summed E-state index contributed by atoms with van der Waals surface area (Å²) in [6, 6.07) is 9.02. The van der Waals surface area contributed by atoms with Crippen molar-refractivity contribution >= 4 is 33.2 Å². The maximum Gasteiger partial charge on any atom is 0.264 e. The number of fused-ring (bicyclic) bond motifs is 7. The van der Waals surface area contributed by atoms with Gasteiger partial charge in [0.05, 0.1) is 35.8 Å². The molecule has 2 aromatic carbocycles. The molecule has 0 aromatic heterocycles. The number of morpholine rings is 1. The van der Waals surface area contributed by atoms with Crippen LogP contribution in [0.5, 0.6) is 5.75 Å². The summed E-state index contributed by atoms with van der Waals surface area (Å²) < 4.78 is 57.8. The number of allylic oxidation sites excluding steroid dienone is 1. The Morgan fingerprint density at radius 1 is 1.11 bits per heavy atom. The molecule has 10 nitrogen and oxygen atoms in total. The number of sulfonamides is 1. The van der Waals surface area contributed by atoms with Gasteiger partial charge in [-0.15, -0.1) is 0 Å². The second-order valence-corrected chi connectivity index (χ2v) is 19.8. The Kier molecular flexibility index (Phi) is 9.37. The van der Waals surface area contributed by atoms with Crippen LogP contribution in [0.25, 0.3) is 0 Å². The molecule has 4 bridgehead atoms. The molecule has 2 aromatic rings. The third kappa shape index (κ3) is 6.18. The van der Waals surface area contributed by atoms with Gasteiger partial charge in [0.15, 0.2) is 0 Å². The highest BCUT2D eigenvalue weighted by Crippen LogP contribution is 2.53. The maximum atomic E-state index is 15.6. The number of nitrogens with zero attached hydrogens (tertiary/aromatic N) is 3. The molecule has 5 heterocycles. The van der Waals surface area contributed by atoms with E-state index in [2.05, 4.69) is 25.5 Å². The number of aliphatic hydroxyl groups is 1. The molecule has 5 aliphatic heterocycles. The first-order valence-electron chi connectivity index (χ1n) is 19.9. The topological polar surface area (TPSA) is 112 Å². The number of hydrogen-bond donors (Lipinski definition) is 2. The average molecular weight is 783 g/mol. The van der Waals surface area contributed by atoms with Gasteiger partial charge in [-0.05, 0) is 110 Å². The number of carbonyl (C=O) groups excluding carboxylic acids is 1. The molecular formula is C41H52ClFN4O6S. The van der Waals surface area contributed by atoms with Crippen LogP contribution in [0.15, 0.2) is 42.0 Å². The first-order chi connectivity index (χ1) is 25.8. The predicted octanol–water partition coefficient (Wildman–Crippen LogP) is 4.77. The number of hydrogen-bond acceptors (Lipinski definition) is 9. The van der Waals surface area contributed by atoms with E-state index < -0.39 is 32.2 Å². The quantitative estimate of drug-likeness (QED) is 0.417. The van der Waals surface area contributed by atoms with E-state index in [1.165, 1.54) is 0 Å². The molecule has 1 saturated carbocycles. The molecule has 2 N–H and O–H groups in total. The summed E-state index contributed by atoms with van der Waals surface area (Å²) in [5.74, 6) is -0.614. The molecule has 0 radical (unpaired) electrons. The second kappa shape index (κ2) is 13.7. The number of carbonyl (C=O) groups is 1. The van der Waals surface area contributed by atoms with Crippen molar-refractivity contribution in [1.82, 2.24) is 14.5 Å². The molecule has 0 unspecified atom stereocenters. The minimum absolute atomic E-state index is 0.0142. The number of piperazine rings is 1.